The van der Waals surface area contributed by atoms with E-state index in [1.54, 1.807) is 12.1 Å². The normalized spacial score (nSPS) is 18.2. The van der Waals surface area contributed by atoms with Crippen molar-refractivity contribution in [2.24, 2.45) is 0 Å². The van der Waals surface area contributed by atoms with Crippen molar-refractivity contribution in [2.45, 2.75) is 49.2 Å². The summed E-state index contributed by atoms with van der Waals surface area (Å²) >= 11 is 0. The molecule has 0 saturated heterocycles. The van der Waals surface area contributed by atoms with E-state index in [2.05, 4.69) is 0 Å². The van der Waals surface area contributed by atoms with Gasteiger partial charge in [0.25, 0.3) is 0 Å². The van der Waals surface area contributed by atoms with Gasteiger partial charge in [-0.1, -0.05) is 37.0 Å². The number of benzene rings is 1. The van der Waals surface area contributed by atoms with Crippen LogP contribution >= 0.6 is 10.8 Å². The second kappa shape index (κ2) is 5.44. The molecule has 0 atom stereocenters. The summed E-state index contributed by atoms with van der Waals surface area (Å²) in [6.45, 7) is 1.96. The highest BCUT2D eigenvalue weighted by Gasteiger charge is 2.23. The Bertz CT molecular complexity index is 457. The summed E-state index contributed by atoms with van der Waals surface area (Å²) in [5, 5.41) is 0.287. The van der Waals surface area contributed by atoms with Crippen LogP contribution in [0.1, 0.15) is 37.7 Å². The predicted octanol–water partition coefficient (Wildman–Crippen LogP) is 3.75. The van der Waals surface area contributed by atoms with E-state index in [4.69, 9.17) is 0 Å². The minimum Gasteiger partial charge on any atom is -0.212 e. The lowest BCUT2D eigenvalue weighted by atomic mass is 10.0. The topological polar surface area (TPSA) is 34.1 Å². The highest BCUT2D eigenvalue weighted by atomic mass is 33.1. The van der Waals surface area contributed by atoms with Crippen LogP contribution in [-0.4, -0.2) is 13.7 Å². The summed E-state index contributed by atoms with van der Waals surface area (Å²) in [6.07, 6.45) is 5.66. The second-order valence-electron chi connectivity index (χ2n) is 4.62. The Kier molecular flexibility index (Phi) is 4.15. The molecule has 2 rings (SSSR count). The second-order valence-corrected chi connectivity index (χ2v) is 8.76. The molecular weight excluding hydrogens is 252 g/mol. The minimum atomic E-state index is -3.16. The summed E-state index contributed by atoms with van der Waals surface area (Å²) in [7, 11) is -2.01. The molecule has 1 aromatic carbocycles. The Morgan fingerprint density at radius 2 is 1.65 bits per heavy atom. The van der Waals surface area contributed by atoms with Gasteiger partial charge in [0.2, 0.25) is 8.87 Å². The fourth-order valence-corrected chi connectivity index (χ4v) is 5.88. The van der Waals surface area contributed by atoms with E-state index in [0.717, 1.165) is 29.2 Å². The Hall–Kier alpha value is -0.480. The first-order valence-corrected chi connectivity index (χ1v) is 8.96. The van der Waals surface area contributed by atoms with Gasteiger partial charge in [-0.25, -0.2) is 8.42 Å². The lowest BCUT2D eigenvalue weighted by Gasteiger charge is -2.20. The molecule has 0 amide bonds. The van der Waals surface area contributed by atoms with Crippen LogP contribution in [0, 0.1) is 6.92 Å². The van der Waals surface area contributed by atoms with Gasteiger partial charge in [0, 0.05) is 5.25 Å². The van der Waals surface area contributed by atoms with Crippen molar-refractivity contribution in [2.75, 3.05) is 0 Å². The van der Waals surface area contributed by atoms with E-state index in [-0.39, 0.29) is 5.25 Å². The molecule has 0 spiro atoms. The summed E-state index contributed by atoms with van der Waals surface area (Å²) in [5.74, 6) is 0. The van der Waals surface area contributed by atoms with Crippen LogP contribution in [0.25, 0.3) is 0 Å². The first kappa shape index (κ1) is 13.0. The molecule has 0 bridgehead atoms. The summed E-state index contributed by atoms with van der Waals surface area (Å²) in [5.41, 5.74) is 1.09. The smallest absolute Gasteiger partial charge is 0.212 e. The first-order chi connectivity index (χ1) is 8.08. The van der Waals surface area contributed by atoms with Gasteiger partial charge in [-0.05, 0) is 42.7 Å². The number of hydrogen-bond donors (Lipinski definition) is 0. The third-order valence-electron chi connectivity index (χ3n) is 3.12. The fourth-order valence-electron chi connectivity index (χ4n) is 2.10. The van der Waals surface area contributed by atoms with Gasteiger partial charge in [0.1, 0.15) is 0 Å². The van der Waals surface area contributed by atoms with E-state index in [1.165, 1.54) is 19.3 Å². The zero-order valence-corrected chi connectivity index (χ0v) is 11.7. The third kappa shape index (κ3) is 3.49. The van der Waals surface area contributed by atoms with Crippen molar-refractivity contribution in [3.05, 3.63) is 29.8 Å². The van der Waals surface area contributed by atoms with E-state index in [0.29, 0.717) is 4.90 Å². The van der Waals surface area contributed by atoms with Crippen LogP contribution in [0.3, 0.4) is 0 Å². The average Bonchev–Trinajstić information content (AvgIpc) is 2.30. The van der Waals surface area contributed by atoms with Crippen LogP contribution < -0.4 is 0 Å². The Morgan fingerprint density at radius 1 is 1.06 bits per heavy atom. The number of aryl methyl sites for hydroxylation is 1. The lowest BCUT2D eigenvalue weighted by Crippen LogP contribution is -2.11. The van der Waals surface area contributed by atoms with Crippen molar-refractivity contribution < 1.29 is 8.42 Å². The van der Waals surface area contributed by atoms with Crippen LogP contribution in [0.5, 0.6) is 0 Å². The molecule has 1 aliphatic carbocycles. The molecule has 17 heavy (non-hydrogen) atoms. The van der Waals surface area contributed by atoms with Crippen molar-refractivity contribution >= 4 is 19.7 Å². The van der Waals surface area contributed by atoms with E-state index in [9.17, 15) is 8.42 Å². The van der Waals surface area contributed by atoms with E-state index in [1.807, 2.05) is 19.1 Å². The molecule has 0 radical (unpaired) electrons. The van der Waals surface area contributed by atoms with Gasteiger partial charge in [0.15, 0.2) is 0 Å². The van der Waals surface area contributed by atoms with Crippen LogP contribution in [0.2, 0.25) is 0 Å². The zero-order chi connectivity index (χ0) is 12.3. The molecule has 0 aliphatic heterocycles. The molecule has 1 aromatic rings. The van der Waals surface area contributed by atoms with Gasteiger partial charge < -0.3 is 0 Å². The van der Waals surface area contributed by atoms with E-state index < -0.39 is 8.87 Å². The van der Waals surface area contributed by atoms with Gasteiger partial charge >= 0.3 is 0 Å². The van der Waals surface area contributed by atoms with Crippen molar-refractivity contribution in [3.8, 4) is 0 Å². The molecule has 0 unspecified atom stereocenters. The number of hydrogen-bond acceptors (Lipinski definition) is 3. The highest BCUT2D eigenvalue weighted by molar-refractivity contribution is 8.72. The Labute approximate surface area is 107 Å². The molecule has 94 valence electrons. The monoisotopic (exact) mass is 270 g/mol. The molecule has 1 saturated carbocycles. The van der Waals surface area contributed by atoms with Crippen LogP contribution in [0.15, 0.2) is 29.2 Å². The maximum Gasteiger partial charge on any atom is 0.230 e. The molecule has 0 N–H and O–H groups in total. The third-order valence-corrected chi connectivity index (χ3v) is 7.12. The molecule has 1 aliphatic rings. The molecule has 0 aromatic heterocycles. The van der Waals surface area contributed by atoms with Crippen molar-refractivity contribution in [1.82, 2.24) is 0 Å². The first-order valence-electron chi connectivity index (χ1n) is 6.08. The van der Waals surface area contributed by atoms with Gasteiger partial charge in [-0.15, -0.1) is 0 Å². The van der Waals surface area contributed by atoms with Crippen molar-refractivity contribution in [3.63, 3.8) is 0 Å². The predicted molar refractivity (Wildman–Crippen MR) is 72.8 cm³/mol. The molecule has 0 heterocycles. The molecule has 2 nitrogen and oxygen atoms in total. The minimum absolute atomic E-state index is 0.287. The Morgan fingerprint density at radius 3 is 2.24 bits per heavy atom. The average molecular weight is 270 g/mol. The SMILES string of the molecule is Cc1ccc(S(=O)(=O)SC2CCCCC2)cc1. The quantitative estimate of drug-likeness (QED) is 0.784. The van der Waals surface area contributed by atoms with Crippen molar-refractivity contribution in [1.29, 1.82) is 0 Å². The maximum absolute atomic E-state index is 12.2. The Balaban J connectivity index is 2.10. The molecule has 1 fully saturated rings. The van der Waals surface area contributed by atoms with Gasteiger partial charge in [-0.3, -0.25) is 0 Å². The molecule has 4 heteroatoms. The summed E-state index contributed by atoms with van der Waals surface area (Å²) < 4.78 is 24.3. The fraction of sp³-hybridized carbons (Fsp3) is 0.538. The largest absolute Gasteiger partial charge is 0.230 e. The standard InChI is InChI=1S/C13H18O2S2/c1-11-7-9-13(10-8-11)17(14,15)16-12-5-3-2-4-6-12/h7-10,12H,2-6H2,1H3. The molecular formula is C13H18O2S2. The summed E-state index contributed by atoms with van der Waals surface area (Å²) in [4.78, 5) is 0.443. The van der Waals surface area contributed by atoms with Gasteiger partial charge in [0.05, 0.1) is 4.90 Å². The lowest BCUT2D eigenvalue weighted by molar-refractivity contribution is 0.517. The number of rotatable bonds is 3. The highest BCUT2D eigenvalue weighted by Crippen LogP contribution is 2.35. The van der Waals surface area contributed by atoms with Crippen LogP contribution in [0.4, 0.5) is 0 Å². The van der Waals surface area contributed by atoms with Crippen LogP contribution in [-0.2, 0) is 8.87 Å². The maximum atomic E-state index is 12.2. The van der Waals surface area contributed by atoms with Gasteiger partial charge in [-0.2, -0.15) is 0 Å². The van der Waals surface area contributed by atoms with E-state index >= 15 is 0 Å². The zero-order valence-electron chi connectivity index (χ0n) is 10.1. The summed E-state index contributed by atoms with van der Waals surface area (Å²) in [6, 6.07) is 7.13.